The number of rotatable bonds is 16. The van der Waals surface area contributed by atoms with E-state index in [4.69, 9.17) is 0 Å². The fourth-order valence-electron chi connectivity index (χ4n) is 20.9. The number of anilines is 6. The minimum atomic E-state index is -0.700. The summed E-state index contributed by atoms with van der Waals surface area (Å²) < 4.78 is 9.53. The predicted octanol–water partition coefficient (Wildman–Crippen LogP) is 32.0. The Morgan fingerprint density at radius 2 is 0.299 bits per heavy atom. The molecule has 4 heterocycles. The second kappa shape index (κ2) is 29.8. The molecule has 1 aliphatic carbocycles. The van der Waals surface area contributed by atoms with E-state index in [1.165, 1.54) is 121 Å². The quantitative estimate of drug-likeness (QED) is 0.0964. The highest BCUT2D eigenvalue weighted by molar-refractivity contribution is 6.13. The highest BCUT2D eigenvalue weighted by atomic mass is 15.1. The molecule has 594 valence electrons. The number of benzene rings is 20. The first-order valence-corrected chi connectivity index (χ1v) is 43.8. The van der Waals surface area contributed by atoms with Crippen molar-refractivity contribution in [2.45, 2.75) is 5.41 Å². The van der Waals surface area contributed by atoms with E-state index in [2.05, 4.69) is 513 Å². The number of hydrogen-bond donors (Lipinski definition) is 0. The molecule has 0 bridgehead atoms. The van der Waals surface area contributed by atoms with Crippen molar-refractivity contribution in [1.82, 2.24) is 18.3 Å². The van der Waals surface area contributed by atoms with E-state index >= 15 is 0 Å². The van der Waals surface area contributed by atoms with Gasteiger partial charge in [0.2, 0.25) is 0 Å². The van der Waals surface area contributed by atoms with Crippen molar-refractivity contribution in [2.75, 3.05) is 9.80 Å². The van der Waals surface area contributed by atoms with Gasteiger partial charge in [0, 0.05) is 100.0 Å². The molecule has 127 heavy (non-hydrogen) atoms. The van der Waals surface area contributed by atoms with Crippen molar-refractivity contribution < 1.29 is 0 Å². The van der Waals surface area contributed by atoms with Crippen LogP contribution in [0, 0.1) is 0 Å². The van der Waals surface area contributed by atoms with E-state index in [9.17, 15) is 0 Å². The molecule has 6 heteroatoms. The topological polar surface area (TPSA) is 26.2 Å². The van der Waals surface area contributed by atoms with Crippen molar-refractivity contribution >= 4 is 121 Å². The van der Waals surface area contributed by atoms with Crippen molar-refractivity contribution in [3.63, 3.8) is 0 Å². The van der Waals surface area contributed by atoms with Crippen LogP contribution in [0.1, 0.15) is 22.3 Å². The van der Waals surface area contributed by atoms with E-state index < -0.39 is 5.41 Å². The lowest BCUT2D eigenvalue weighted by Crippen LogP contribution is -2.28. The summed E-state index contributed by atoms with van der Waals surface area (Å²) in [5.74, 6) is 0. The van der Waals surface area contributed by atoms with Gasteiger partial charge in [-0.25, -0.2) is 0 Å². The maximum Gasteiger partial charge on any atom is 0.0713 e. The summed E-state index contributed by atoms with van der Waals surface area (Å²) >= 11 is 0. The molecule has 0 atom stereocenters. The first kappa shape index (κ1) is 73.0. The average molecular weight is 1620 g/mol. The van der Waals surface area contributed by atoms with Crippen LogP contribution in [0.15, 0.2) is 485 Å². The summed E-state index contributed by atoms with van der Waals surface area (Å²) in [5.41, 5.74) is 36.2. The van der Waals surface area contributed by atoms with Gasteiger partial charge in [0.05, 0.1) is 49.5 Å². The van der Waals surface area contributed by atoms with Crippen molar-refractivity contribution in [3.05, 3.63) is 508 Å². The fourth-order valence-corrected chi connectivity index (χ4v) is 20.9. The van der Waals surface area contributed by atoms with Crippen molar-refractivity contribution in [2.24, 2.45) is 0 Å². The summed E-state index contributed by atoms with van der Waals surface area (Å²) in [6.07, 6.45) is 0. The number of aromatic nitrogens is 4. The smallest absolute Gasteiger partial charge is 0.0713 e. The maximum atomic E-state index is 2.41. The molecule has 0 aliphatic heterocycles. The summed E-state index contributed by atoms with van der Waals surface area (Å²) in [4.78, 5) is 4.82. The molecular weight excluding hydrogens is 1540 g/mol. The first-order chi connectivity index (χ1) is 63.0. The Morgan fingerprint density at radius 1 is 0.142 bits per heavy atom. The second-order valence-corrected chi connectivity index (χ2v) is 33.5. The van der Waals surface area contributed by atoms with Crippen LogP contribution in [0.25, 0.3) is 166 Å². The van der Waals surface area contributed by atoms with E-state index in [1.807, 2.05) is 0 Å². The lowest BCUT2D eigenvalue weighted by molar-refractivity contribution is 0.768. The van der Waals surface area contributed by atoms with Gasteiger partial charge in [0.1, 0.15) is 0 Å². The monoisotopic (exact) mass is 1620 g/mol. The molecule has 0 saturated heterocycles. The summed E-state index contributed by atoms with van der Waals surface area (Å²) in [5, 5.41) is 10.0. The minimum Gasteiger partial charge on any atom is -0.311 e. The molecule has 0 unspecified atom stereocenters. The predicted molar refractivity (Wildman–Crippen MR) is 532 cm³/mol. The molecule has 1 aliphatic rings. The van der Waals surface area contributed by atoms with Gasteiger partial charge >= 0.3 is 0 Å². The van der Waals surface area contributed by atoms with E-state index in [1.54, 1.807) is 0 Å². The van der Waals surface area contributed by atoms with E-state index in [0.717, 1.165) is 101 Å². The Balaban J connectivity index is 0.579. The number of para-hydroxylation sites is 8. The van der Waals surface area contributed by atoms with Gasteiger partial charge in [-0.3, -0.25) is 0 Å². The zero-order chi connectivity index (χ0) is 83.6. The Morgan fingerprint density at radius 3 is 0.496 bits per heavy atom. The standard InChI is InChI=1S/C121H80N6/c1-11-31-111-101(21-1)102-22-2-12-32-112(102)121(111,89-57-77-95(78-58-89)122(91-61-41-81(42-62-91)85-49-69-97(70-50-85)124-113-33-13-3-23-103(113)104-24-4-14-34-114(104)124)92-63-43-82(44-64-92)86-51-71-98(72-52-86)125-115-35-15-5-25-105(115)106-26-6-16-36-116(106)125)90-59-79-96(80-60-90)123(93-65-45-83(46-66-93)87-53-73-99(74-54-87)126-117-37-17-7-27-107(117)108-28-8-18-38-118(108)126)94-67-47-84(48-68-94)88-55-75-100(76-56-88)127-119-39-19-9-29-109(119)110-30-10-20-40-120(110)127/h1-80H. The Bertz CT molecular complexity index is 7250. The van der Waals surface area contributed by atoms with Crippen LogP contribution < -0.4 is 9.80 Å². The molecule has 0 N–H and O–H groups in total. The third-order valence-electron chi connectivity index (χ3n) is 26.7. The van der Waals surface area contributed by atoms with Crippen LogP contribution in [-0.2, 0) is 5.41 Å². The zero-order valence-corrected chi connectivity index (χ0v) is 69.4. The van der Waals surface area contributed by atoms with Crippen LogP contribution in [0.3, 0.4) is 0 Å². The van der Waals surface area contributed by atoms with E-state index in [-0.39, 0.29) is 0 Å². The molecule has 0 amide bonds. The molecule has 25 rings (SSSR count). The van der Waals surface area contributed by atoms with Crippen LogP contribution >= 0.6 is 0 Å². The maximum absolute atomic E-state index is 2.41. The van der Waals surface area contributed by atoms with Gasteiger partial charge in [-0.2, -0.15) is 0 Å². The highest BCUT2D eigenvalue weighted by Crippen LogP contribution is 2.57. The summed E-state index contributed by atoms with van der Waals surface area (Å²) in [6, 6.07) is 179. The largest absolute Gasteiger partial charge is 0.311 e. The molecule has 24 aromatic rings. The van der Waals surface area contributed by atoms with Crippen molar-refractivity contribution in [3.8, 4) is 78.4 Å². The zero-order valence-electron chi connectivity index (χ0n) is 69.4. The van der Waals surface area contributed by atoms with Gasteiger partial charge < -0.3 is 28.1 Å². The molecule has 0 radical (unpaired) electrons. The second-order valence-electron chi connectivity index (χ2n) is 33.5. The number of fused-ring (bicyclic) bond motifs is 15. The van der Waals surface area contributed by atoms with E-state index in [0.29, 0.717) is 0 Å². The van der Waals surface area contributed by atoms with Gasteiger partial charge in [0.15, 0.2) is 0 Å². The summed E-state index contributed by atoms with van der Waals surface area (Å²) in [7, 11) is 0. The Labute approximate surface area is 735 Å². The summed E-state index contributed by atoms with van der Waals surface area (Å²) in [6.45, 7) is 0. The van der Waals surface area contributed by atoms with Crippen LogP contribution in [0.5, 0.6) is 0 Å². The van der Waals surface area contributed by atoms with Crippen molar-refractivity contribution in [1.29, 1.82) is 0 Å². The third-order valence-corrected chi connectivity index (χ3v) is 26.7. The molecular formula is C121H80N6. The normalized spacial score (nSPS) is 12.3. The van der Waals surface area contributed by atoms with Crippen LogP contribution in [0.4, 0.5) is 34.1 Å². The Kier molecular flexibility index (Phi) is 17.1. The number of hydrogen-bond acceptors (Lipinski definition) is 2. The Hall–Kier alpha value is -16.8. The molecule has 6 nitrogen and oxygen atoms in total. The average Bonchev–Trinajstić information content (AvgIpc) is 1.54. The highest BCUT2D eigenvalue weighted by Gasteiger charge is 2.46. The first-order valence-electron chi connectivity index (χ1n) is 43.8. The molecule has 0 saturated carbocycles. The minimum absolute atomic E-state index is 0.700. The van der Waals surface area contributed by atoms with Crippen LogP contribution in [-0.4, -0.2) is 18.3 Å². The van der Waals surface area contributed by atoms with Gasteiger partial charge in [-0.1, -0.05) is 315 Å². The molecule has 4 aromatic heterocycles. The fraction of sp³-hybridized carbons (Fsp3) is 0.00826. The lowest BCUT2D eigenvalue weighted by atomic mass is 9.67. The lowest BCUT2D eigenvalue weighted by Gasteiger charge is -2.35. The SMILES string of the molecule is c1ccc2c(c1)-c1ccccc1C2(c1ccc(N(c2ccc(-c3ccc(-n4c5ccccc5c5ccccc54)cc3)cc2)c2ccc(-c3ccc(-n4c5ccccc5c5ccccc54)cc3)cc2)cc1)c1ccc(N(c2ccc(-c3ccc(-n4c5ccccc5c5ccccc54)cc3)cc2)c2ccc(-c3ccc(-n4c5ccccc5c5ccccc54)cc3)cc2)cc1. The van der Waals surface area contributed by atoms with Gasteiger partial charge in [-0.15, -0.1) is 0 Å². The third kappa shape index (κ3) is 11.9. The molecule has 0 fully saturated rings. The van der Waals surface area contributed by atoms with Gasteiger partial charge in [0.25, 0.3) is 0 Å². The molecule has 0 spiro atoms. The molecule has 20 aromatic carbocycles. The number of nitrogens with zero attached hydrogens (tertiary/aromatic N) is 6. The van der Waals surface area contributed by atoms with Gasteiger partial charge in [-0.05, 0) is 248 Å². The van der Waals surface area contributed by atoms with Crippen LogP contribution in [0.2, 0.25) is 0 Å².